The fourth-order valence-corrected chi connectivity index (χ4v) is 1.09. The Morgan fingerprint density at radius 1 is 1.53 bits per heavy atom. The summed E-state index contributed by atoms with van der Waals surface area (Å²) in [5.74, 6) is -0.124. The summed E-state index contributed by atoms with van der Waals surface area (Å²) >= 11 is 5.52. The standard InChI is InChI=1S/C9H6ClFN3O/c10-8-2-1-7(3-9(8)11)15-6-14-4-12-13-5-14/h1-4H,6H2. The van der Waals surface area contributed by atoms with Crippen molar-refractivity contribution in [3.8, 4) is 5.75 Å². The molecule has 1 aromatic heterocycles. The Morgan fingerprint density at radius 2 is 2.40 bits per heavy atom. The van der Waals surface area contributed by atoms with Gasteiger partial charge in [-0.3, -0.25) is 4.57 Å². The van der Waals surface area contributed by atoms with Crippen LogP contribution in [0.2, 0.25) is 5.02 Å². The minimum atomic E-state index is -0.512. The van der Waals surface area contributed by atoms with E-state index in [0.29, 0.717) is 5.75 Å². The van der Waals surface area contributed by atoms with Crippen LogP contribution >= 0.6 is 11.6 Å². The Bertz CT molecular complexity index is 447. The lowest BCUT2D eigenvalue weighted by Crippen LogP contribution is -2.03. The van der Waals surface area contributed by atoms with Gasteiger partial charge in [0, 0.05) is 6.07 Å². The molecule has 2 rings (SSSR count). The first-order valence-electron chi connectivity index (χ1n) is 4.09. The molecule has 0 spiro atoms. The van der Waals surface area contributed by atoms with Gasteiger partial charge in [-0.1, -0.05) is 11.6 Å². The second-order valence-corrected chi connectivity index (χ2v) is 3.16. The average molecular weight is 227 g/mol. The van der Waals surface area contributed by atoms with Gasteiger partial charge in [-0.15, -0.1) is 10.2 Å². The first-order valence-corrected chi connectivity index (χ1v) is 4.47. The van der Waals surface area contributed by atoms with Crippen molar-refractivity contribution in [1.29, 1.82) is 0 Å². The molecular formula is C9H6ClFN3O. The summed E-state index contributed by atoms with van der Waals surface area (Å²) in [7, 11) is 0. The van der Waals surface area contributed by atoms with E-state index >= 15 is 0 Å². The molecule has 0 N–H and O–H groups in total. The summed E-state index contributed by atoms with van der Waals surface area (Å²) in [6, 6.07) is 4.23. The Balaban J connectivity index is 2.02. The summed E-state index contributed by atoms with van der Waals surface area (Å²) in [6.07, 6.45) is 3.99. The molecule has 0 aliphatic heterocycles. The summed E-state index contributed by atoms with van der Waals surface area (Å²) in [5, 5.41) is 7.10. The predicted molar refractivity (Wildman–Crippen MR) is 50.9 cm³/mol. The molecule has 77 valence electrons. The number of rotatable bonds is 3. The summed E-state index contributed by atoms with van der Waals surface area (Å²) in [4.78, 5) is 0. The van der Waals surface area contributed by atoms with Crippen molar-refractivity contribution < 1.29 is 9.13 Å². The highest BCUT2D eigenvalue weighted by atomic mass is 35.5. The van der Waals surface area contributed by atoms with Crippen molar-refractivity contribution in [2.24, 2.45) is 0 Å². The molecule has 4 nitrogen and oxygen atoms in total. The third-order valence-corrected chi connectivity index (χ3v) is 1.99. The van der Waals surface area contributed by atoms with Crippen molar-refractivity contribution >= 4 is 11.6 Å². The van der Waals surface area contributed by atoms with Gasteiger partial charge in [-0.05, 0) is 12.1 Å². The molecule has 0 atom stereocenters. The maximum absolute atomic E-state index is 13.0. The van der Waals surface area contributed by atoms with Gasteiger partial charge in [0.05, 0.1) is 5.02 Å². The topological polar surface area (TPSA) is 39.9 Å². The molecule has 0 aliphatic rings. The van der Waals surface area contributed by atoms with Crippen LogP contribution in [-0.2, 0) is 6.73 Å². The van der Waals surface area contributed by atoms with Crippen LogP contribution in [0.1, 0.15) is 0 Å². The van der Waals surface area contributed by atoms with E-state index in [1.165, 1.54) is 23.0 Å². The molecule has 1 aromatic carbocycles. The van der Waals surface area contributed by atoms with Crippen LogP contribution in [0.15, 0.2) is 24.5 Å². The Hall–Kier alpha value is -1.62. The van der Waals surface area contributed by atoms with E-state index < -0.39 is 5.82 Å². The molecule has 0 amide bonds. The van der Waals surface area contributed by atoms with Gasteiger partial charge in [0.2, 0.25) is 6.33 Å². The first kappa shape index (κ1) is 9.92. The second kappa shape index (κ2) is 4.27. The number of benzene rings is 1. The lowest BCUT2D eigenvalue weighted by Gasteiger charge is -2.05. The minimum absolute atomic E-state index is 0.0678. The molecule has 0 aliphatic carbocycles. The number of nitrogens with zero attached hydrogens (tertiary/aromatic N) is 3. The molecule has 0 unspecified atom stereocenters. The third-order valence-electron chi connectivity index (χ3n) is 1.68. The van der Waals surface area contributed by atoms with E-state index in [9.17, 15) is 4.39 Å². The number of aromatic nitrogens is 3. The number of hydrogen-bond acceptors (Lipinski definition) is 3. The fraction of sp³-hybridized carbons (Fsp3) is 0.111. The molecule has 0 bridgehead atoms. The van der Waals surface area contributed by atoms with Crippen LogP contribution in [0.4, 0.5) is 4.39 Å². The molecule has 0 saturated carbocycles. The molecule has 6 heteroatoms. The van der Waals surface area contributed by atoms with Crippen LogP contribution in [0.25, 0.3) is 0 Å². The summed E-state index contributed by atoms with van der Waals surface area (Å²) in [5.41, 5.74) is 0. The summed E-state index contributed by atoms with van der Waals surface area (Å²) in [6.45, 7) is 0.175. The van der Waals surface area contributed by atoms with E-state index in [2.05, 4.69) is 16.5 Å². The molecule has 2 aromatic rings. The van der Waals surface area contributed by atoms with Gasteiger partial charge < -0.3 is 4.74 Å². The quantitative estimate of drug-likeness (QED) is 0.803. The third kappa shape index (κ3) is 2.44. The van der Waals surface area contributed by atoms with Crippen LogP contribution in [-0.4, -0.2) is 14.8 Å². The van der Waals surface area contributed by atoms with Gasteiger partial charge in [0.1, 0.15) is 17.9 Å². The summed E-state index contributed by atoms with van der Waals surface area (Å²) < 4.78 is 19.7. The maximum Gasteiger partial charge on any atom is 0.204 e. The second-order valence-electron chi connectivity index (χ2n) is 2.75. The van der Waals surface area contributed by atoms with Gasteiger partial charge >= 0.3 is 0 Å². The van der Waals surface area contributed by atoms with Crippen molar-refractivity contribution in [2.45, 2.75) is 6.73 Å². The van der Waals surface area contributed by atoms with Crippen LogP contribution in [0.3, 0.4) is 0 Å². The fourth-order valence-electron chi connectivity index (χ4n) is 0.970. The van der Waals surface area contributed by atoms with Crippen molar-refractivity contribution in [3.05, 3.63) is 41.7 Å². The van der Waals surface area contributed by atoms with E-state index in [1.54, 1.807) is 6.07 Å². The van der Waals surface area contributed by atoms with E-state index in [-0.39, 0.29) is 11.8 Å². The van der Waals surface area contributed by atoms with Gasteiger partial charge in [0.25, 0.3) is 0 Å². The lowest BCUT2D eigenvalue weighted by molar-refractivity contribution is 0.234. The average Bonchev–Trinajstić information content (AvgIpc) is 2.73. The van der Waals surface area contributed by atoms with Crippen LogP contribution < -0.4 is 4.74 Å². The van der Waals surface area contributed by atoms with E-state index in [4.69, 9.17) is 16.3 Å². The van der Waals surface area contributed by atoms with Crippen molar-refractivity contribution in [1.82, 2.24) is 14.8 Å². The predicted octanol–water partition coefficient (Wildman–Crippen LogP) is 1.91. The van der Waals surface area contributed by atoms with Gasteiger partial charge in [-0.25, -0.2) is 4.39 Å². The van der Waals surface area contributed by atoms with Crippen molar-refractivity contribution in [3.63, 3.8) is 0 Å². The zero-order valence-corrected chi connectivity index (χ0v) is 8.28. The van der Waals surface area contributed by atoms with Gasteiger partial charge in [-0.2, -0.15) is 0 Å². The Kier molecular flexibility index (Phi) is 2.82. The highest BCUT2D eigenvalue weighted by Crippen LogP contribution is 2.20. The molecule has 1 radical (unpaired) electrons. The first-order chi connectivity index (χ1) is 7.25. The van der Waals surface area contributed by atoms with Crippen LogP contribution in [0, 0.1) is 12.1 Å². The highest BCUT2D eigenvalue weighted by Gasteiger charge is 2.01. The number of ether oxygens (including phenoxy) is 1. The maximum atomic E-state index is 13.0. The highest BCUT2D eigenvalue weighted by molar-refractivity contribution is 6.30. The SMILES string of the molecule is Fc1cc(OCn2[c]nnc2)ccc1Cl. The normalized spacial score (nSPS) is 10.3. The van der Waals surface area contributed by atoms with Gasteiger partial charge in [0.15, 0.2) is 6.73 Å². The number of halogens is 2. The zero-order chi connectivity index (χ0) is 10.7. The molecule has 15 heavy (non-hydrogen) atoms. The smallest absolute Gasteiger partial charge is 0.204 e. The zero-order valence-electron chi connectivity index (χ0n) is 7.52. The van der Waals surface area contributed by atoms with E-state index in [1.807, 2.05) is 0 Å². The van der Waals surface area contributed by atoms with E-state index in [0.717, 1.165) is 0 Å². The lowest BCUT2D eigenvalue weighted by atomic mass is 10.3. The molecule has 0 saturated heterocycles. The van der Waals surface area contributed by atoms with Crippen molar-refractivity contribution in [2.75, 3.05) is 0 Å². The van der Waals surface area contributed by atoms with Crippen LogP contribution in [0.5, 0.6) is 5.75 Å². The Morgan fingerprint density at radius 3 is 3.07 bits per heavy atom. The molecule has 1 heterocycles. The minimum Gasteiger partial charge on any atom is -0.473 e. The Labute approximate surface area is 90.3 Å². The largest absolute Gasteiger partial charge is 0.473 e. The molecule has 0 fully saturated rings. The number of hydrogen-bond donors (Lipinski definition) is 0. The molecular weight excluding hydrogens is 221 g/mol. The monoisotopic (exact) mass is 226 g/mol.